The minimum absolute atomic E-state index is 0.111. The summed E-state index contributed by atoms with van der Waals surface area (Å²) in [6.45, 7) is 6.27. The summed E-state index contributed by atoms with van der Waals surface area (Å²) >= 11 is 0. The number of rotatable bonds is 44. The van der Waals surface area contributed by atoms with Crippen LogP contribution in [0.3, 0.4) is 0 Å². The van der Waals surface area contributed by atoms with Crippen LogP contribution in [0.5, 0.6) is 0 Å². The lowest BCUT2D eigenvalue weighted by Crippen LogP contribution is -2.30. The number of esters is 3. The largest absolute Gasteiger partial charge is 0.462 e. The molecule has 0 heterocycles. The van der Waals surface area contributed by atoms with Gasteiger partial charge < -0.3 is 14.2 Å². The standard InChI is InChI=1S/C58H92O6/c1-4-7-10-13-16-19-22-25-28-31-33-36-39-42-45-48-51-57(60)63-54-55(64-58(61)52-49-46-43-40-37-34-30-27-24-21-18-15-12-9-6-3)53-62-56(59)50-47-44-41-38-35-32-29-26-23-20-17-14-11-8-5-2/h8-9,11-12,14-15,17-18,20-21,23-24,26-27,29-30,32,34-35,37,55H,4-7,10,13,16,19,22,25,28,31,33,36,38-54H2,1-3H3/b11-8-,12-9-,17-14-,18-15-,23-20-,24-21-,29-26-,30-27-,35-32-,37-34-. The Morgan fingerprint density at radius 1 is 0.328 bits per heavy atom. The van der Waals surface area contributed by atoms with Gasteiger partial charge in [-0.3, -0.25) is 14.4 Å². The Labute approximate surface area is 392 Å². The van der Waals surface area contributed by atoms with Gasteiger partial charge in [0.15, 0.2) is 6.10 Å². The Bertz CT molecular complexity index is 1390. The zero-order valence-corrected chi connectivity index (χ0v) is 41.0. The highest BCUT2D eigenvalue weighted by molar-refractivity contribution is 5.71. The molecule has 1 atom stereocenters. The molecule has 0 aromatic rings. The zero-order valence-electron chi connectivity index (χ0n) is 41.0. The van der Waals surface area contributed by atoms with Crippen molar-refractivity contribution in [3.63, 3.8) is 0 Å². The molecular formula is C58H92O6. The minimum Gasteiger partial charge on any atom is -0.462 e. The first-order valence-electron chi connectivity index (χ1n) is 25.7. The predicted molar refractivity (Wildman–Crippen MR) is 274 cm³/mol. The molecule has 0 N–H and O–H groups in total. The minimum atomic E-state index is -0.819. The second-order valence-corrected chi connectivity index (χ2v) is 16.6. The molecule has 0 aliphatic carbocycles. The highest BCUT2D eigenvalue weighted by Crippen LogP contribution is 2.15. The van der Waals surface area contributed by atoms with E-state index in [9.17, 15) is 14.4 Å². The van der Waals surface area contributed by atoms with Gasteiger partial charge in [-0.25, -0.2) is 0 Å². The summed E-state index contributed by atoms with van der Waals surface area (Å²) in [4.78, 5) is 38.0. The van der Waals surface area contributed by atoms with Crippen molar-refractivity contribution in [1.82, 2.24) is 0 Å². The Morgan fingerprint density at radius 2 is 0.609 bits per heavy atom. The Morgan fingerprint density at radius 3 is 0.953 bits per heavy atom. The average molecular weight is 885 g/mol. The number of hydrogen-bond acceptors (Lipinski definition) is 6. The van der Waals surface area contributed by atoms with Crippen LogP contribution >= 0.6 is 0 Å². The predicted octanol–water partition coefficient (Wildman–Crippen LogP) is 16.9. The van der Waals surface area contributed by atoms with Crippen molar-refractivity contribution < 1.29 is 28.6 Å². The van der Waals surface area contributed by atoms with Crippen LogP contribution in [0, 0.1) is 0 Å². The third-order valence-corrected chi connectivity index (χ3v) is 10.5. The van der Waals surface area contributed by atoms with Crippen LogP contribution in [-0.4, -0.2) is 37.2 Å². The van der Waals surface area contributed by atoms with Gasteiger partial charge in [0.2, 0.25) is 0 Å². The molecule has 0 rings (SSSR count). The molecular weight excluding hydrogens is 793 g/mol. The third-order valence-electron chi connectivity index (χ3n) is 10.5. The van der Waals surface area contributed by atoms with E-state index in [0.29, 0.717) is 19.3 Å². The van der Waals surface area contributed by atoms with E-state index < -0.39 is 6.10 Å². The van der Waals surface area contributed by atoms with Crippen LogP contribution in [0.25, 0.3) is 0 Å². The van der Waals surface area contributed by atoms with E-state index in [1.807, 2.05) is 97.2 Å². The fourth-order valence-corrected chi connectivity index (χ4v) is 6.66. The van der Waals surface area contributed by atoms with E-state index in [4.69, 9.17) is 14.2 Å². The molecule has 0 bridgehead atoms. The monoisotopic (exact) mass is 885 g/mol. The molecule has 0 spiro atoms. The Hall–Kier alpha value is -4.19. The first-order valence-corrected chi connectivity index (χ1v) is 25.7. The summed E-state index contributed by atoms with van der Waals surface area (Å²) in [5, 5.41) is 0. The number of carbonyl (C=O) groups excluding carboxylic acids is 3. The molecule has 64 heavy (non-hydrogen) atoms. The smallest absolute Gasteiger partial charge is 0.306 e. The van der Waals surface area contributed by atoms with E-state index in [-0.39, 0.29) is 37.5 Å². The van der Waals surface area contributed by atoms with Crippen LogP contribution in [0.15, 0.2) is 122 Å². The lowest BCUT2D eigenvalue weighted by Gasteiger charge is -2.18. The molecule has 0 aromatic carbocycles. The number of ether oxygens (including phenoxy) is 3. The Kier molecular flexibility index (Phi) is 48.1. The van der Waals surface area contributed by atoms with Crippen LogP contribution < -0.4 is 0 Å². The van der Waals surface area contributed by atoms with Gasteiger partial charge in [0.1, 0.15) is 13.2 Å². The van der Waals surface area contributed by atoms with Gasteiger partial charge >= 0.3 is 17.9 Å². The highest BCUT2D eigenvalue weighted by Gasteiger charge is 2.19. The average Bonchev–Trinajstić information content (AvgIpc) is 3.29. The van der Waals surface area contributed by atoms with Crippen LogP contribution in [0.2, 0.25) is 0 Å². The van der Waals surface area contributed by atoms with Gasteiger partial charge in [-0.15, -0.1) is 0 Å². The first-order chi connectivity index (χ1) is 31.5. The van der Waals surface area contributed by atoms with Crippen LogP contribution in [-0.2, 0) is 28.6 Å². The van der Waals surface area contributed by atoms with Crippen molar-refractivity contribution in [2.45, 2.75) is 213 Å². The van der Waals surface area contributed by atoms with E-state index in [1.165, 1.54) is 83.5 Å². The number of carbonyl (C=O) groups is 3. The molecule has 0 aromatic heterocycles. The molecule has 0 aliphatic heterocycles. The molecule has 0 saturated heterocycles. The quantitative estimate of drug-likeness (QED) is 0.0262. The Balaban J connectivity index is 4.54. The van der Waals surface area contributed by atoms with Crippen molar-refractivity contribution in [2.24, 2.45) is 0 Å². The molecule has 0 aliphatic rings. The second-order valence-electron chi connectivity index (χ2n) is 16.6. The molecule has 6 heteroatoms. The second kappa shape index (κ2) is 51.4. The van der Waals surface area contributed by atoms with Crippen molar-refractivity contribution in [3.05, 3.63) is 122 Å². The van der Waals surface area contributed by atoms with E-state index in [2.05, 4.69) is 45.1 Å². The van der Waals surface area contributed by atoms with Gasteiger partial charge in [0.05, 0.1) is 0 Å². The molecule has 360 valence electrons. The first kappa shape index (κ1) is 59.8. The maximum atomic E-state index is 12.8. The molecule has 0 radical (unpaired) electrons. The fraction of sp³-hybridized carbons (Fsp3) is 0.603. The fourth-order valence-electron chi connectivity index (χ4n) is 6.66. The maximum Gasteiger partial charge on any atom is 0.306 e. The number of allylic oxidation sites excluding steroid dienone is 20. The molecule has 1 unspecified atom stereocenters. The summed E-state index contributed by atoms with van der Waals surface area (Å²) in [6, 6.07) is 0. The topological polar surface area (TPSA) is 78.9 Å². The SMILES string of the molecule is CC\C=C/C=C\C=C/C=C\C=C/CCCCCC(=O)OCC(COC(=O)CCCCCCCCCCCCCCCCCC)OC(=O)CCCCC\C=C/C=C\C=C/C=C\C=C/CC. The summed E-state index contributed by atoms with van der Waals surface area (Å²) in [6.07, 6.45) is 70.4. The van der Waals surface area contributed by atoms with Gasteiger partial charge in [0, 0.05) is 19.3 Å². The van der Waals surface area contributed by atoms with Gasteiger partial charge in [-0.2, -0.15) is 0 Å². The summed E-state index contributed by atoms with van der Waals surface area (Å²) < 4.78 is 16.7. The van der Waals surface area contributed by atoms with Gasteiger partial charge in [0.25, 0.3) is 0 Å². The van der Waals surface area contributed by atoms with Crippen LogP contribution in [0.1, 0.15) is 207 Å². The zero-order chi connectivity index (χ0) is 46.5. The molecule has 0 fully saturated rings. The van der Waals surface area contributed by atoms with E-state index in [1.54, 1.807) is 0 Å². The summed E-state index contributed by atoms with van der Waals surface area (Å²) in [7, 11) is 0. The summed E-state index contributed by atoms with van der Waals surface area (Å²) in [5.74, 6) is -1.00. The van der Waals surface area contributed by atoms with E-state index >= 15 is 0 Å². The van der Waals surface area contributed by atoms with Crippen molar-refractivity contribution >= 4 is 17.9 Å². The van der Waals surface area contributed by atoms with Crippen molar-refractivity contribution in [2.75, 3.05) is 13.2 Å². The summed E-state index contributed by atoms with van der Waals surface area (Å²) in [5.41, 5.74) is 0. The number of unbranched alkanes of at least 4 members (excludes halogenated alkanes) is 21. The van der Waals surface area contributed by atoms with Gasteiger partial charge in [-0.05, 0) is 57.8 Å². The normalized spacial score (nSPS) is 13.1. The highest BCUT2D eigenvalue weighted by atomic mass is 16.6. The van der Waals surface area contributed by atoms with Crippen molar-refractivity contribution in [1.29, 1.82) is 0 Å². The third kappa shape index (κ3) is 48.8. The maximum absolute atomic E-state index is 12.8. The lowest BCUT2D eigenvalue weighted by molar-refractivity contribution is -0.167. The van der Waals surface area contributed by atoms with E-state index in [0.717, 1.165) is 77.0 Å². The van der Waals surface area contributed by atoms with Crippen LogP contribution in [0.4, 0.5) is 0 Å². The van der Waals surface area contributed by atoms with Crippen molar-refractivity contribution in [3.8, 4) is 0 Å². The molecule has 6 nitrogen and oxygen atoms in total. The molecule has 0 amide bonds. The van der Waals surface area contributed by atoms with Gasteiger partial charge in [-0.1, -0.05) is 251 Å². The molecule has 0 saturated carbocycles. The lowest BCUT2D eigenvalue weighted by atomic mass is 10.0. The number of hydrogen-bond donors (Lipinski definition) is 0.